The fraction of sp³-hybridized carbons (Fsp3) is 0.500. The summed E-state index contributed by atoms with van der Waals surface area (Å²) in [6.07, 6.45) is -4.22. The van der Waals surface area contributed by atoms with Crippen molar-refractivity contribution in [2.24, 2.45) is 5.73 Å². The zero-order valence-corrected chi connectivity index (χ0v) is 9.93. The molecule has 1 unspecified atom stereocenters. The van der Waals surface area contributed by atoms with Crippen LogP contribution in [0.5, 0.6) is 0 Å². The van der Waals surface area contributed by atoms with Crippen LogP contribution in [-0.2, 0) is 0 Å². The van der Waals surface area contributed by atoms with E-state index in [0.29, 0.717) is 0 Å². The highest BCUT2D eigenvalue weighted by atomic mass is 19.4. The Morgan fingerprint density at radius 2 is 1.71 bits per heavy atom. The first kappa shape index (κ1) is 14.0. The maximum Gasteiger partial charge on any atom is 0.401 e. The Kier molecular flexibility index (Phi) is 4.54. The van der Waals surface area contributed by atoms with Crippen molar-refractivity contribution in [2.45, 2.75) is 26.1 Å². The first-order valence-electron chi connectivity index (χ1n) is 5.40. The summed E-state index contributed by atoms with van der Waals surface area (Å²) >= 11 is 0. The maximum atomic E-state index is 12.1. The van der Waals surface area contributed by atoms with Gasteiger partial charge in [0, 0.05) is 12.6 Å². The molecule has 2 nitrogen and oxygen atoms in total. The first-order chi connectivity index (χ1) is 7.81. The first-order valence-corrected chi connectivity index (χ1v) is 5.40. The smallest absolute Gasteiger partial charge is 0.329 e. The molecular weight excluding hydrogens is 229 g/mol. The molecule has 1 rings (SSSR count). The van der Waals surface area contributed by atoms with Crippen LogP contribution in [0.15, 0.2) is 18.2 Å². The lowest BCUT2D eigenvalue weighted by molar-refractivity contribution is -0.126. The largest absolute Gasteiger partial charge is 0.401 e. The number of nitrogens with two attached hydrogens (primary N) is 1. The fourth-order valence-electron chi connectivity index (χ4n) is 1.79. The highest BCUT2D eigenvalue weighted by Crippen LogP contribution is 2.19. The molecule has 96 valence electrons. The molecule has 1 aromatic carbocycles. The minimum Gasteiger partial charge on any atom is -0.329 e. The lowest BCUT2D eigenvalue weighted by Gasteiger charge is -2.19. The molecule has 3 N–H and O–H groups in total. The second-order valence-corrected chi connectivity index (χ2v) is 4.21. The summed E-state index contributed by atoms with van der Waals surface area (Å²) in [5.41, 5.74) is 8.35. The number of halogens is 3. The van der Waals surface area contributed by atoms with Crippen molar-refractivity contribution in [3.8, 4) is 0 Å². The van der Waals surface area contributed by atoms with Crippen LogP contribution in [0.1, 0.15) is 22.7 Å². The van der Waals surface area contributed by atoms with Gasteiger partial charge in [-0.25, -0.2) is 0 Å². The monoisotopic (exact) mass is 246 g/mol. The van der Waals surface area contributed by atoms with Gasteiger partial charge < -0.3 is 11.1 Å². The Morgan fingerprint density at radius 3 is 2.12 bits per heavy atom. The Hall–Kier alpha value is -1.07. The predicted molar refractivity (Wildman–Crippen MR) is 61.8 cm³/mol. The summed E-state index contributed by atoms with van der Waals surface area (Å²) in [6, 6.07) is 5.22. The van der Waals surface area contributed by atoms with Gasteiger partial charge in [-0.05, 0) is 19.4 Å². The van der Waals surface area contributed by atoms with Crippen LogP contribution in [0.3, 0.4) is 0 Å². The third kappa shape index (κ3) is 4.75. The number of alkyl halides is 3. The predicted octanol–water partition coefficient (Wildman–Crippen LogP) is 2.46. The number of hydrogen-bond acceptors (Lipinski definition) is 2. The van der Waals surface area contributed by atoms with Gasteiger partial charge in [-0.15, -0.1) is 0 Å². The van der Waals surface area contributed by atoms with Gasteiger partial charge in [0.2, 0.25) is 0 Å². The molecular formula is C12H17F3N2. The zero-order valence-electron chi connectivity index (χ0n) is 9.93. The molecule has 1 atom stereocenters. The Balaban J connectivity index is 2.79. The van der Waals surface area contributed by atoms with E-state index in [-0.39, 0.29) is 6.54 Å². The number of rotatable bonds is 4. The lowest BCUT2D eigenvalue weighted by Crippen LogP contribution is -2.35. The van der Waals surface area contributed by atoms with E-state index in [1.807, 2.05) is 32.0 Å². The third-order valence-corrected chi connectivity index (χ3v) is 2.43. The van der Waals surface area contributed by atoms with Crippen LogP contribution in [-0.4, -0.2) is 19.3 Å². The highest BCUT2D eigenvalue weighted by Gasteiger charge is 2.28. The zero-order chi connectivity index (χ0) is 13.1. The van der Waals surface area contributed by atoms with Crippen molar-refractivity contribution in [1.82, 2.24) is 5.32 Å². The Labute approximate surface area is 99.0 Å². The van der Waals surface area contributed by atoms with Crippen molar-refractivity contribution in [3.63, 3.8) is 0 Å². The second kappa shape index (κ2) is 5.51. The van der Waals surface area contributed by atoms with E-state index in [2.05, 4.69) is 5.32 Å². The standard InChI is InChI=1S/C12H17F3N2/c1-8-3-9(2)5-10(4-8)11(6-16)17-7-12(13,14)15/h3-5,11,17H,6-7,16H2,1-2H3. The molecule has 0 saturated carbocycles. The number of benzene rings is 1. The summed E-state index contributed by atoms with van der Waals surface area (Å²) in [7, 11) is 0. The van der Waals surface area contributed by atoms with Crippen molar-refractivity contribution >= 4 is 0 Å². The minimum absolute atomic E-state index is 0.138. The number of aryl methyl sites for hydroxylation is 2. The molecule has 5 heteroatoms. The topological polar surface area (TPSA) is 38.0 Å². The van der Waals surface area contributed by atoms with Gasteiger partial charge in [-0.2, -0.15) is 13.2 Å². The van der Waals surface area contributed by atoms with Gasteiger partial charge in [0.25, 0.3) is 0 Å². The van der Waals surface area contributed by atoms with Gasteiger partial charge in [0.05, 0.1) is 6.54 Å². The normalized spacial score (nSPS) is 13.8. The number of hydrogen-bond donors (Lipinski definition) is 2. The van der Waals surface area contributed by atoms with Crippen molar-refractivity contribution in [2.75, 3.05) is 13.1 Å². The van der Waals surface area contributed by atoms with Gasteiger partial charge in [0.1, 0.15) is 0 Å². The fourth-order valence-corrected chi connectivity index (χ4v) is 1.79. The van der Waals surface area contributed by atoms with E-state index in [4.69, 9.17) is 5.73 Å². The van der Waals surface area contributed by atoms with Crippen LogP contribution >= 0.6 is 0 Å². The maximum absolute atomic E-state index is 12.1. The molecule has 0 aromatic heterocycles. The molecule has 0 bridgehead atoms. The van der Waals surface area contributed by atoms with E-state index in [9.17, 15) is 13.2 Å². The number of nitrogens with one attached hydrogen (secondary N) is 1. The molecule has 0 aliphatic carbocycles. The molecule has 0 aliphatic heterocycles. The lowest BCUT2D eigenvalue weighted by atomic mass is 10.0. The van der Waals surface area contributed by atoms with Crippen LogP contribution in [0.2, 0.25) is 0 Å². The summed E-state index contributed by atoms with van der Waals surface area (Å²) < 4.78 is 36.4. The molecule has 0 aliphatic rings. The van der Waals surface area contributed by atoms with Crippen molar-refractivity contribution in [1.29, 1.82) is 0 Å². The molecule has 0 amide bonds. The third-order valence-electron chi connectivity index (χ3n) is 2.43. The van der Waals surface area contributed by atoms with Crippen molar-refractivity contribution in [3.05, 3.63) is 34.9 Å². The van der Waals surface area contributed by atoms with E-state index in [1.54, 1.807) is 0 Å². The van der Waals surface area contributed by atoms with Gasteiger partial charge in [-0.3, -0.25) is 0 Å². The van der Waals surface area contributed by atoms with Crippen LogP contribution in [0, 0.1) is 13.8 Å². The second-order valence-electron chi connectivity index (χ2n) is 4.21. The quantitative estimate of drug-likeness (QED) is 0.856. The summed E-state index contributed by atoms with van der Waals surface area (Å²) in [5.74, 6) is 0. The summed E-state index contributed by atoms with van der Waals surface area (Å²) in [6.45, 7) is 2.93. The average molecular weight is 246 g/mol. The Morgan fingerprint density at radius 1 is 1.18 bits per heavy atom. The molecule has 0 fully saturated rings. The minimum atomic E-state index is -4.22. The van der Waals surface area contributed by atoms with Crippen LogP contribution < -0.4 is 11.1 Å². The Bertz CT molecular complexity index is 354. The SMILES string of the molecule is Cc1cc(C)cc(C(CN)NCC(F)(F)F)c1. The average Bonchev–Trinajstić information content (AvgIpc) is 2.15. The van der Waals surface area contributed by atoms with Gasteiger partial charge in [-0.1, -0.05) is 29.3 Å². The van der Waals surface area contributed by atoms with E-state index >= 15 is 0 Å². The van der Waals surface area contributed by atoms with Crippen LogP contribution in [0.25, 0.3) is 0 Å². The molecule has 0 spiro atoms. The van der Waals surface area contributed by atoms with E-state index in [1.165, 1.54) is 0 Å². The van der Waals surface area contributed by atoms with Crippen molar-refractivity contribution < 1.29 is 13.2 Å². The highest BCUT2D eigenvalue weighted by molar-refractivity contribution is 5.30. The molecule has 0 saturated heterocycles. The van der Waals surface area contributed by atoms with Gasteiger partial charge in [0.15, 0.2) is 0 Å². The molecule has 0 radical (unpaired) electrons. The summed E-state index contributed by atoms with van der Waals surface area (Å²) in [4.78, 5) is 0. The molecule has 0 heterocycles. The van der Waals surface area contributed by atoms with E-state index in [0.717, 1.165) is 16.7 Å². The van der Waals surface area contributed by atoms with Crippen LogP contribution in [0.4, 0.5) is 13.2 Å². The van der Waals surface area contributed by atoms with Gasteiger partial charge >= 0.3 is 6.18 Å². The summed E-state index contributed by atoms with van der Waals surface area (Å²) in [5, 5.41) is 2.43. The van der Waals surface area contributed by atoms with E-state index < -0.39 is 18.8 Å². The molecule has 1 aromatic rings. The molecule has 17 heavy (non-hydrogen) atoms.